The number of hydrogen-bond donors (Lipinski definition) is 1. The number of methoxy groups -OCH3 is 2. The number of nitrogens with one attached hydrogen (secondary N) is 1. The summed E-state index contributed by atoms with van der Waals surface area (Å²) in [5, 5.41) is 0. The Labute approximate surface area is 147 Å². The third-order valence-electron chi connectivity index (χ3n) is 3.47. The number of hydrogen-bond acceptors (Lipinski definition) is 5. The van der Waals surface area contributed by atoms with Gasteiger partial charge in [-0.25, -0.2) is 8.42 Å². The summed E-state index contributed by atoms with van der Waals surface area (Å²) in [6.07, 6.45) is 0. The Morgan fingerprint density at radius 1 is 1.00 bits per heavy atom. The van der Waals surface area contributed by atoms with Crippen LogP contribution in [0.4, 0.5) is 5.69 Å². The molecular weight excluding hydrogens is 344 g/mol. The molecule has 0 aliphatic heterocycles. The van der Waals surface area contributed by atoms with Gasteiger partial charge in [-0.1, -0.05) is 0 Å². The molecule has 8 heteroatoms. The third-order valence-corrected chi connectivity index (χ3v) is 4.85. The standard InChI is InChI=1S/C17H20N2O5S/c1-19(2)17(20)12-5-8-14(9-6-12)25(21,22)18-15-11-13(23-3)7-10-16(15)24-4/h5-11,18H,1-4H3. The molecule has 0 aliphatic carbocycles. The van der Waals surface area contributed by atoms with E-state index in [9.17, 15) is 13.2 Å². The van der Waals surface area contributed by atoms with Crippen molar-refractivity contribution in [2.75, 3.05) is 33.0 Å². The van der Waals surface area contributed by atoms with E-state index >= 15 is 0 Å². The maximum absolute atomic E-state index is 12.6. The maximum atomic E-state index is 12.6. The lowest BCUT2D eigenvalue weighted by atomic mass is 10.2. The molecule has 1 amide bonds. The van der Waals surface area contributed by atoms with Gasteiger partial charge in [-0.2, -0.15) is 0 Å². The van der Waals surface area contributed by atoms with E-state index < -0.39 is 10.0 Å². The number of carbonyl (C=O) groups excluding carboxylic acids is 1. The Bertz CT molecular complexity index is 861. The van der Waals surface area contributed by atoms with E-state index in [0.717, 1.165) is 0 Å². The quantitative estimate of drug-likeness (QED) is 0.849. The van der Waals surface area contributed by atoms with Crippen LogP contribution in [-0.4, -0.2) is 47.5 Å². The van der Waals surface area contributed by atoms with Gasteiger partial charge in [0.15, 0.2) is 0 Å². The fourth-order valence-corrected chi connectivity index (χ4v) is 3.19. The largest absolute Gasteiger partial charge is 0.497 e. The van der Waals surface area contributed by atoms with E-state index in [2.05, 4.69) is 4.72 Å². The fourth-order valence-electron chi connectivity index (χ4n) is 2.13. The highest BCUT2D eigenvalue weighted by Crippen LogP contribution is 2.30. The molecule has 134 valence electrons. The minimum absolute atomic E-state index is 0.0349. The van der Waals surface area contributed by atoms with E-state index in [1.807, 2.05) is 0 Å². The first-order chi connectivity index (χ1) is 11.8. The summed E-state index contributed by atoms with van der Waals surface area (Å²) in [6.45, 7) is 0. The van der Waals surface area contributed by atoms with E-state index in [4.69, 9.17) is 9.47 Å². The van der Waals surface area contributed by atoms with Crippen LogP contribution in [0, 0.1) is 0 Å². The molecule has 0 spiro atoms. The summed E-state index contributed by atoms with van der Waals surface area (Å²) < 4.78 is 37.9. The second-order valence-corrected chi connectivity index (χ2v) is 7.08. The summed E-state index contributed by atoms with van der Waals surface area (Å²) in [4.78, 5) is 13.3. The van der Waals surface area contributed by atoms with Crippen molar-refractivity contribution in [1.82, 2.24) is 4.90 Å². The van der Waals surface area contributed by atoms with E-state index in [1.54, 1.807) is 26.2 Å². The maximum Gasteiger partial charge on any atom is 0.262 e. The summed E-state index contributed by atoms with van der Waals surface area (Å²) in [5.41, 5.74) is 0.665. The van der Waals surface area contributed by atoms with Crippen LogP contribution >= 0.6 is 0 Å². The second-order valence-electron chi connectivity index (χ2n) is 5.40. The molecule has 0 saturated carbocycles. The van der Waals surface area contributed by atoms with Crippen molar-refractivity contribution in [3.05, 3.63) is 48.0 Å². The molecule has 7 nitrogen and oxygen atoms in total. The van der Waals surface area contributed by atoms with Crippen LogP contribution in [0.25, 0.3) is 0 Å². The number of anilines is 1. The molecule has 0 atom stereocenters. The Kier molecular flexibility index (Phi) is 5.53. The average Bonchev–Trinajstić information content (AvgIpc) is 2.60. The summed E-state index contributed by atoms with van der Waals surface area (Å²) in [6, 6.07) is 10.5. The van der Waals surface area contributed by atoms with E-state index in [-0.39, 0.29) is 16.5 Å². The van der Waals surface area contributed by atoms with Gasteiger partial charge in [0.1, 0.15) is 11.5 Å². The lowest BCUT2D eigenvalue weighted by Gasteiger charge is -2.14. The Morgan fingerprint density at radius 3 is 2.16 bits per heavy atom. The van der Waals surface area contributed by atoms with Gasteiger partial charge in [0, 0.05) is 25.7 Å². The SMILES string of the molecule is COc1ccc(OC)c(NS(=O)(=O)c2ccc(C(=O)N(C)C)cc2)c1. The molecule has 0 unspecified atom stereocenters. The molecule has 2 rings (SSSR count). The normalized spacial score (nSPS) is 10.9. The third kappa shape index (κ3) is 4.21. The number of ether oxygens (including phenoxy) is 2. The van der Waals surface area contributed by atoms with E-state index in [1.165, 1.54) is 49.5 Å². The molecule has 1 N–H and O–H groups in total. The van der Waals surface area contributed by atoms with Gasteiger partial charge in [0.2, 0.25) is 0 Å². The lowest BCUT2D eigenvalue weighted by molar-refractivity contribution is 0.0827. The van der Waals surface area contributed by atoms with Gasteiger partial charge in [-0.3, -0.25) is 9.52 Å². The van der Waals surface area contributed by atoms with Crippen molar-refractivity contribution in [2.45, 2.75) is 4.90 Å². The summed E-state index contributed by atoms with van der Waals surface area (Å²) in [5.74, 6) is 0.653. The van der Waals surface area contributed by atoms with Crippen LogP contribution in [0.1, 0.15) is 10.4 Å². The molecule has 0 aliphatic rings. The number of benzene rings is 2. The van der Waals surface area contributed by atoms with Crippen LogP contribution in [0.3, 0.4) is 0 Å². The molecule has 0 bridgehead atoms. The highest BCUT2D eigenvalue weighted by Gasteiger charge is 2.18. The van der Waals surface area contributed by atoms with Crippen molar-refractivity contribution in [2.24, 2.45) is 0 Å². The first-order valence-electron chi connectivity index (χ1n) is 7.35. The van der Waals surface area contributed by atoms with Crippen molar-refractivity contribution in [3.63, 3.8) is 0 Å². The van der Waals surface area contributed by atoms with Gasteiger partial charge in [0.05, 0.1) is 24.8 Å². The minimum Gasteiger partial charge on any atom is -0.497 e. The van der Waals surface area contributed by atoms with Crippen LogP contribution in [-0.2, 0) is 10.0 Å². The van der Waals surface area contributed by atoms with Crippen molar-refractivity contribution in [1.29, 1.82) is 0 Å². The van der Waals surface area contributed by atoms with Crippen molar-refractivity contribution < 1.29 is 22.7 Å². The topological polar surface area (TPSA) is 84.9 Å². The minimum atomic E-state index is -3.84. The zero-order valence-corrected chi connectivity index (χ0v) is 15.3. The predicted octanol–water partition coefficient (Wildman–Crippen LogP) is 2.21. The Balaban J connectivity index is 2.32. The fraction of sp³-hybridized carbons (Fsp3) is 0.235. The first kappa shape index (κ1) is 18.6. The molecule has 25 heavy (non-hydrogen) atoms. The lowest BCUT2D eigenvalue weighted by Crippen LogP contribution is -2.21. The van der Waals surface area contributed by atoms with Gasteiger partial charge in [-0.05, 0) is 36.4 Å². The summed E-state index contributed by atoms with van der Waals surface area (Å²) >= 11 is 0. The molecular formula is C17H20N2O5S. The molecule has 0 aromatic heterocycles. The number of rotatable bonds is 6. The number of amides is 1. The molecule has 2 aromatic carbocycles. The van der Waals surface area contributed by atoms with Crippen LogP contribution < -0.4 is 14.2 Å². The molecule has 0 heterocycles. The number of sulfonamides is 1. The number of carbonyl (C=O) groups is 1. The Hall–Kier alpha value is -2.74. The van der Waals surface area contributed by atoms with E-state index in [0.29, 0.717) is 17.1 Å². The highest BCUT2D eigenvalue weighted by molar-refractivity contribution is 7.92. The van der Waals surface area contributed by atoms with Gasteiger partial charge >= 0.3 is 0 Å². The zero-order chi connectivity index (χ0) is 18.6. The zero-order valence-electron chi connectivity index (χ0n) is 14.4. The van der Waals surface area contributed by atoms with Gasteiger partial charge in [-0.15, -0.1) is 0 Å². The molecule has 2 aromatic rings. The number of nitrogens with zero attached hydrogens (tertiary/aromatic N) is 1. The monoisotopic (exact) mass is 364 g/mol. The van der Waals surface area contributed by atoms with Crippen molar-refractivity contribution in [3.8, 4) is 11.5 Å². The second kappa shape index (κ2) is 7.43. The molecule has 0 radical (unpaired) electrons. The van der Waals surface area contributed by atoms with Crippen LogP contribution in [0.5, 0.6) is 11.5 Å². The van der Waals surface area contributed by atoms with Crippen molar-refractivity contribution >= 4 is 21.6 Å². The smallest absolute Gasteiger partial charge is 0.262 e. The van der Waals surface area contributed by atoms with Crippen LogP contribution in [0.2, 0.25) is 0 Å². The molecule has 0 saturated heterocycles. The average molecular weight is 364 g/mol. The Morgan fingerprint density at radius 2 is 1.64 bits per heavy atom. The summed E-state index contributed by atoms with van der Waals surface area (Å²) in [7, 11) is 2.35. The van der Waals surface area contributed by atoms with Gasteiger partial charge in [0.25, 0.3) is 15.9 Å². The molecule has 0 fully saturated rings. The highest BCUT2D eigenvalue weighted by atomic mass is 32.2. The van der Waals surface area contributed by atoms with Crippen LogP contribution in [0.15, 0.2) is 47.4 Å². The van der Waals surface area contributed by atoms with Gasteiger partial charge < -0.3 is 14.4 Å². The first-order valence-corrected chi connectivity index (χ1v) is 8.83. The predicted molar refractivity (Wildman–Crippen MR) is 94.8 cm³/mol.